The molecule has 262 valence electrons. The highest BCUT2D eigenvalue weighted by Gasteiger charge is 2.19. The first kappa shape index (κ1) is 37.1. The fourth-order valence-electron chi connectivity index (χ4n) is 4.32. The zero-order valence-electron chi connectivity index (χ0n) is 27.0. The number of hydrogen-bond donors (Lipinski definition) is 4. The van der Waals surface area contributed by atoms with Crippen molar-refractivity contribution in [2.24, 2.45) is 0 Å². The van der Waals surface area contributed by atoms with Crippen molar-refractivity contribution in [3.05, 3.63) is 119 Å². The smallest absolute Gasteiger partial charge is 0.338 e. The third-order valence-corrected chi connectivity index (χ3v) is 9.47. The minimum absolute atomic E-state index is 0.0514. The molecular weight excluding hydrogens is 689 g/mol. The van der Waals surface area contributed by atoms with Crippen LogP contribution < -0.4 is 20.1 Å². The molecule has 0 heterocycles. The van der Waals surface area contributed by atoms with E-state index >= 15 is 0 Å². The van der Waals surface area contributed by atoms with Crippen molar-refractivity contribution in [1.82, 2.24) is 9.44 Å². The number of amides is 4. The number of aryl methyl sites for hydroxylation is 2. The quantitative estimate of drug-likeness (QED) is 0.106. The lowest BCUT2D eigenvalue weighted by Gasteiger charge is -2.10. The second-order valence-electron chi connectivity index (χ2n) is 10.9. The number of rotatable bonds is 13. The molecule has 4 aromatic carbocycles. The van der Waals surface area contributed by atoms with Gasteiger partial charge in [-0.25, -0.2) is 45.5 Å². The number of esters is 2. The van der Waals surface area contributed by atoms with Gasteiger partial charge in [0, 0.05) is 11.4 Å². The van der Waals surface area contributed by atoms with Gasteiger partial charge in [-0.15, -0.1) is 0 Å². The Labute approximate surface area is 289 Å². The van der Waals surface area contributed by atoms with Gasteiger partial charge in [0.15, 0.2) is 0 Å². The predicted octanol–water partition coefficient (Wildman–Crippen LogP) is 5.12. The molecule has 16 heteroatoms. The normalized spacial score (nSPS) is 11.2. The summed E-state index contributed by atoms with van der Waals surface area (Å²) in [6, 6.07) is 21.6. The number of ether oxygens (including phenoxy) is 2. The first-order chi connectivity index (χ1) is 23.7. The van der Waals surface area contributed by atoms with Crippen LogP contribution >= 0.6 is 0 Å². The van der Waals surface area contributed by atoms with Gasteiger partial charge in [0.2, 0.25) is 0 Å². The fourth-order valence-corrected chi connectivity index (χ4v) is 6.34. The second-order valence-corrected chi connectivity index (χ2v) is 14.3. The molecule has 4 aromatic rings. The van der Waals surface area contributed by atoms with Crippen LogP contribution in [0.15, 0.2) is 107 Å². The molecule has 0 aliphatic heterocycles. The Bertz CT molecular complexity index is 1930. The maximum Gasteiger partial charge on any atom is 0.338 e. The zero-order valence-corrected chi connectivity index (χ0v) is 28.6. The molecular formula is C34H34N4O10S2. The molecule has 50 heavy (non-hydrogen) atoms. The molecule has 0 atom stereocenters. The summed E-state index contributed by atoms with van der Waals surface area (Å²) >= 11 is 0. The Hall–Kier alpha value is -5.74. The van der Waals surface area contributed by atoms with Crippen LogP contribution in [-0.4, -0.2) is 54.1 Å². The number of sulfonamides is 2. The summed E-state index contributed by atoms with van der Waals surface area (Å²) in [4.78, 5) is 49.1. The van der Waals surface area contributed by atoms with Crippen molar-refractivity contribution in [3.63, 3.8) is 0 Å². The van der Waals surface area contributed by atoms with Crippen molar-refractivity contribution in [2.75, 3.05) is 23.8 Å². The van der Waals surface area contributed by atoms with Gasteiger partial charge in [-0.2, -0.15) is 0 Å². The molecule has 0 fully saturated rings. The lowest BCUT2D eigenvalue weighted by Crippen LogP contribution is -2.34. The minimum Gasteiger partial charge on any atom is -0.462 e. The van der Waals surface area contributed by atoms with Crippen LogP contribution in [0.2, 0.25) is 0 Å². The number of benzene rings is 4. The molecule has 14 nitrogen and oxygen atoms in total. The Morgan fingerprint density at radius 2 is 0.900 bits per heavy atom. The Balaban J connectivity index is 1.12. The van der Waals surface area contributed by atoms with Crippen LogP contribution in [0.1, 0.15) is 44.7 Å². The molecule has 0 saturated heterocycles. The summed E-state index contributed by atoms with van der Waals surface area (Å²) in [7, 11) is -8.14. The summed E-state index contributed by atoms with van der Waals surface area (Å²) in [5.41, 5.74) is 2.35. The third-order valence-electron chi connectivity index (χ3n) is 6.82. The molecule has 4 amide bonds. The molecule has 0 unspecified atom stereocenters. The van der Waals surface area contributed by atoms with Gasteiger partial charge in [-0.05, 0) is 111 Å². The van der Waals surface area contributed by atoms with Crippen molar-refractivity contribution in [3.8, 4) is 0 Å². The minimum atomic E-state index is -4.07. The number of nitrogens with one attached hydrogen (secondary N) is 4. The van der Waals surface area contributed by atoms with Crippen molar-refractivity contribution in [2.45, 2.75) is 36.5 Å². The van der Waals surface area contributed by atoms with Crippen LogP contribution in [0.25, 0.3) is 0 Å². The van der Waals surface area contributed by atoms with Crippen LogP contribution in [-0.2, 0) is 29.5 Å². The largest absolute Gasteiger partial charge is 0.462 e. The number of carbonyl (C=O) groups excluding carboxylic acids is 4. The first-order valence-electron chi connectivity index (χ1n) is 15.1. The predicted molar refractivity (Wildman–Crippen MR) is 184 cm³/mol. The molecule has 4 rings (SSSR count). The van der Waals surface area contributed by atoms with Gasteiger partial charge < -0.3 is 20.1 Å². The van der Waals surface area contributed by atoms with E-state index in [0.717, 1.165) is 11.1 Å². The van der Waals surface area contributed by atoms with E-state index < -0.39 is 44.0 Å². The van der Waals surface area contributed by atoms with Crippen molar-refractivity contribution in [1.29, 1.82) is 0 Å². The van der Waals surface area contributed by atoms with Crippen LogP contribution in [0.4, 0.5) is 21.0 Å². The van der Waals surface area contributed by atoms with E-state index in [1.165, 1.54) is 72.8 Å². The monoisotopic (exact) mass is 722 g/mol. The average Bonchev–Trinajstić information content (AvgIpc) is 3.06. The van der Waals surface area contributed by atoms with Crippen LogP contribution in [0.3, 0.4) is 0 Å². The molecule has 0 aromatic heterocycles. The molecule has 0 bridgehead atoms. The van der Waals surface area contributed by atoms with Gasteiger partial charge in [-0.1, -0.05) is 24.3 Å². The number of carbonyl (C=O) groups is 4. The number of hydrogen-bond acceptors (Lipinski definition) is 10. The summed E-state index contributed by atoms with van der Waals surface area (Å²) in [5.74, 6) is -1.23. The molecule has 4 N–H and O–H groups in total. The SMILES string of the molecule is Cc1cccc(S(=O)(=O)NC(=O)Nc2ccc(C(=O)OCCCCOC(=O)c3ccc(NC(=O)NS(=O)(=O)c4cccc(C)c4)cc3)cc2)c1. The van der Waals surface area contributed by atoms with Gasteiger partial charge in [0.1, 0.15) is 0 Å². The van der Waals surface area contributed by atoms with Gasteiger partial charge in [-0.3, -0.25) is 0 Å². The Morgan fingerprint density at radius 3 is 1.24 bits per heavy atom. The standard InChI is InChI=1S/C34H34N4O10S2/c1-23-7-5-9-29(21-23)49(43,44)37-33(41)35-27-15-11-25(12-16-27)31(39)47-19-3-4-20-48-32(40)26-13-17-28(18-14-26)36-34(42)38-50(45,46)30-10-6-8-24(2)22-30/h5-18,21-22H,3-4,19-20H2,1-2H3,(H2,35,37,41)(H2,36,38,42). The lowest BCUT2D eigenvalue weighted by atomic mass is 10.2. The summed E-state index contributed by atoms with van der Waals surface area (Å²) in [6.45, 7) is 3.56. The topological polar surface area (TPSA) is 203 Å². The van der Waals surface area contributed by atoms with Crippen LogP contribution in [0, 0.1) is 13.8 Å². The summed E-state index contributed by atoms with van der Waals surface area (Å²) < 4.78 is 64.0. The van der Waals surface area contributed by atoms with Gasteiger partial charge >= 0.3 is 24.0 Å². The molecule has 0 aliphatic rings. The highest BCUT2D eigenvalue weighted by Crippen LogP contribution is 2.15. The second kappa shape index (κ2) is 16.6. The van der Waals surface area contributed by atoms with Crippen molar-refractivity contribution >= 4 is 55.4 Å². The highest BCUT2D eigenvalue weighted by molar-refractivity contribution is 7.90. The summed E-state index contributed by atoms with van der Waals surface area (Å²) in [5, 5.41) is 4.80. The molecule has 0 saturated carbocycles. The lowest BCUT2D eigenvalue weighted by molar-refractivity contribution is 0.0432. The maximum atomic E-state index is 12.4. The van der Waals surface area contributed by atoms with Crippen LogP contribution in [0.5, 0.6) is 0 Å². The van der Waals surface area contributed by atoms with Crippen molar-refractivity contribution < 1.29 is 45.5 Å². The van der Waals surface area contributed by atoms with Gasteiger partial charge in [0.05, 0.1) is 34.1 Å². The molecule has 0 aliphatic carbocycles. The van der Waals surface area contributed by atoms with E-state index in [4.69, 9.17) is 9.47 Å². The van der Waals surface area contributed by atoms with E-state index in [1.807, 2.05) is 9.44 Å². The van der Waals surface area contributed by atoms with Gasteiger partial charge in [0.25, 0.3) is 20.0 Å². The molecule has 0 spiro atoms. The molecule has 0 radical (unpaired) electrons. The Kier molecular flexibility index (Phi) is 12.3. The van der Waals surface area contributed by atoms with E-state index in [1.54, 1.807) is 38.1 Å². The highest BCUT2D eigenvalue weighted by atomic mass is 32.2. The zero-order chi connectivity index (χ0) is 36.3. The van der Waals surface area contributed by atoms with E-state index in [2.05, 4.69) is 10.6 Å². The third kappa shape index (κ3) is 10.9. The average molecular weight is 723 g/mol. The number of anilines is 2. The fraction of sp³-hybridized carbons (Fsp3) is 0.176. The summed E-state index contributed by atoms with van der Waals surface area (Å²) in [6.07, 6.45) is 0.801. The number of unbranched alkanes of at least 4 members (excludes halogenated alkanes) is 1. The van der Waals surface area contributed by atoms with E-state index in [-0.39, 0.29) is 45.5 Å². The Morgan fingerprint density at radius 1 is 0.540 bits per heavy atom. The van der Waals surface area contributed by atoms with E-state index in [0.29, 0.717) is 12.8 Å². The number of urea groups is 2. The first-order valence-corrected chi connectivity index (χ1v) is 18.0. The maximum absolute atomic E-state index is 12.4. The van der Waals surface area contributed by atoms with E-state index in [9.17, 15) is 36.0 Å².